The molecule has 0 aromatic carbocycles. The van der Waals surface area contributed by atoms with Crippen molar-refractivity contribution in [3.8, 4) is 0 Å². The number of carboxylic acids is 2. The van der Waals surface area contributed by atoms with Crippen molar-refractivity contribution in [3.63, 3.8) is 0 Å². The van der Waals surface area contributed by atoms with E-state index in [-0.39, 0.29) is 11.1 Å². The van der Waals surface area contributed by atoms with Gasteiger partial charge in [-0.05, 0) is 47.6 Å². The van der Waals surface area contributed by atoms with E-state index in [1.807, 2.05) is 38.0 Å². The van der Waals surface area contributed by atoms with Crippen LogP contribution in [0.4, 0.5) is 0 Å². The quantitative estimate of drug-likeness (QED) is 0.589. The van der Waals surface area contributed by atoms with Crippen LogP contribution in [0.2, 0.25) is 0 Å². The van der Waals surface area contributed by atoms with Crippen LogP contribution in [0.15, 0.2) is 23.8 Å². The first-order valence-electron chi connectivity index (χ1n) is 6.80. The van der Waals surface area contributed by atoms with E-state index in [4.69, 9.17) is 5.11 Å². The first-order valence-corrected chi connectivity index (χ1v) is 6.80. The third-order valence-electron chi connectivity index (χ3n) is 3.12. The number of carbonyl (C=O) groups is 2. The average Bonchev–Trinajstić information content (AvgIpc) is 2.35. The van der Waals surface area contributed by atoms with Gasteiger partial charge in [0.2, 0.25) is 0 Å². The van der Waals surface area contributed by atoms with Crippen LogP contribution >= 0.6 is 0 Å². The van der Waals surface area contributed by atoms with Crippen LogP contribution in [0.25, 0.3) is 0 Å². The van der Waals surface area contributed by atoms with E-state index in [2.05, 4.69) is 6.58 Å². The van der Waals surface area contributed by atoms with Crippen LogP contribution < -0.4 is 0 Å². The van der Waals surface area contributed by atoms with Gasteiger partial charge < -0.3 is 20.0 Å². The largest absolute Gasteiger partial charge is 0.478 e. The van der Waals surface area contributed by atoms with E-state index in [9.17, 15) is 14.7 Å². The van der Waals surface area contributed by atoms with Crippen molar-refractivity contribution in [2.45, 2.75) is 12.8 Å². The summed E-state index contributed by atoms with van der Waals surface area (Å²) in [5.41, 5.74) is 0.260. The Morgan fingerprint density at radius 2 is 1.57 bits per heavy atom. The number of hydrogen-bond acceptors (Lipinski definition) is 4. The predicted octanol–water partition coefficient (Wildman–Crippen LogP) is 1.16. The fraction of sp³-hybridized carbons (Fsp3) is 0.600. The van der Waals surface area contributed by atoms with Gasteiger partial charge in [-0.2, -0.15) is 0 Å². The van der Waals surface area contributed by atoms with E-state index < -0.39 is 17.9 Å². The molecule has 6 nitrogen and oxygen atoms in total. The molecule has 0 fully saturated rings. The maximum Gasteiger partial charge on any atom is 0.331 e. The molecule has 0 aromatic heterocycles. The molecule has 0 heterocycles. The smallest absolute Gasteiger partial charge is 0.331 e. The summed E-state index contributed by atoms with van der Waals surface area (Å²) in [6, 6.07) is 0. The second-order valence-electron chi connectivity index (χ2n) is 5.58. The zero-order valence-corrected chi connectivity index (χ0v) is 13.3. The van der Waals surface area contributed by atoms with Crippen LogP contribution in [0.3, 0.4) is 0 Å². The van der Waals surface area contributed by atoms with Crippen molar-refractivity contribution in [3.05, 3.63) is 23.8 Å². The predicted molar refractivity (Wildman–Crippen MR) is 82.3 cm³/mol. The Morgan fingerprint density at radius 1 is 1.05 bits per heavy atom. The van der Waals surface area contributed by atoms with Crippen molar-refractivity contribution in [2.75, 3.05) is 41.3 Å². The van der Waals surface area contributed by atoms with Gasteiger partial charge in [0.05, 0.1) is 0 Å². The molecule has 0 saturated carbocycles. The second kappa shape index (κ2) is 9.31. The van der Waals surface area contributed by atoms with E-state index >= 15 is 0 Å². The Balaban J connectivity index is 5.15. The van der Waals surface area contributed by atoms with Gasteiger partial charge in [-0.1, -0.05) is 12.7 Å². The Labute approximate surface area is 126 Å². The van der Waals surface area contributed by atoms with Crippen LogP contribution in [0, 0.1) is 5.92 Å². The fourth-order valence-corrected chi connectivity index (χ4v) is 1.76. The minimum absolute atomic E-state index is 0.0282. The average molecular weight is 298 g/mol. The lowest BCUT2D eigenvalue weighted by Gasteiger charge is -2.18. The van der Waals surface area contributed by atoms with Gasteiger partial charge in [0.25, 0.3) is 0 Å². The molecule has 6 heteroatoms. The lowest BCUT2D eigenvalue weighted by molar-refractivity contribution is -0.134. The minimum atomic E-state index is -1.09. The Morgan fingerprint density at radius 3 is 1.95 bits per heavy atom. The number of nitrogens with zero attached hydrogens (tertiary/aromatic N) is 2. The lowest BCUT2D eigenvalue weighted by Crippen LogP contribution is -2.21. The molecule has 1 unspecified atom stereocenters. The summed E-state index contributed by atoms with van der Waals surface area (Å²) in [6.07, 6.45) is 2.43. The van der Waals surface area contributed by atoms with E-state index in [1.165, 1.54) is 6.08 Å². The van der Waals surface area contributed by atoms with Crippen LogP contribution in [-0.4, -0.2) is 73.2 Å². The highest BCUT2D eigenvalue weighted by Gasteiger charge is 2.19. The summed E-state index contributed by atoms with van der Waals surface area (Å²) in [6.45, 7) is 4.83. The van der Waals surface area contributed by atoms with Gasteiger partial charge in [0.1, 0.15) is 0 Å². The molecule has 120 valence electrons. The first kappa shape index (κ1) is 19.3. The highest BCUT2D eigenvalue weighted by molar-refractivity contribution is 5.89. The van der Waals surface area contributed by atoms with Gasteiger partial charge in [-0.25, -0.2) is 9.59 Å². The van der Waals surface area contributed by atoms with E-state index in [0.29, 0.717) is 25.9 Å². The van der Waals surface area contributed by atoms with Gasteiger partial charge in [0.15, 0.2) is 0 Å². The van der Waals surface area contributed by atoms with Crippen LogP contribution in [0.1, 0.15) is 12.8 Å². The maximum atomic E-state index is 11.3. The first-order chi connectivity index (χ1) is 9.65. The Hall–Kier alpha value is -1.66. The molecule has 0 aliphatic rings. The van der Waals surface area contributed by atoms with Crippen molar-refractivity contribution in [2.24, 2.45) is 5.92 Å². The zero-order chi connectivity index (χ0) is 16.6. The number of carboxylic acid groups (broad SMARTS) is 2. The minimum Gasteiger partial charge on any atom is -0.478 e. The number of hydrogen-bond donors (Lipinski definition) is 2. The summed E-state index contributed by atoms with van der Waals surface area (Å²) in [7, 11) is 7.49. The highest BCUT2D eigenvalue weighted by atomic mass is 16.4. The number of allylic oxidation sites excluding steroid dienone is 1. The molecular formula is C15H26N2O4. The van der Waals surface area contributed by atoms with E-state index in [0.717, 1.165) is 0 Å². The second-order valence-corrected chi connectivity index (χ2v) is 5.58. The van der Waals surface area contributed by atoms with Gasteiger partial charge >= 0.3 is 11.9 Å². The zero-order valence-electron chi connectivity index (χ0n) is 13.3. The molecule has 2 N–H and O–H groups in total. The number of aliphatic carboxylic acids is 2. The molecule has 21 heavy (non-hydrogen) atoms. The number of rotatable bonds is 10. The van der Waals surface area contributed by atoms with Crippen LogP contribution in [0.5, 0.6) is 0 Å². The molecule has 0 aliphatic heterocycles. The summed E-state index contributed by atoms with van der Waals surface area (Å²) >= 11 is 0. The Bertz CT molecular complexity index is 414. The van der Waals surface area contributed by atoms with E-state index in [1.54, 1.807) is 0 Å². The molecule has 0 bridgehead atoms. The molecule has 0 aliphatic carbocycles. The molecule has 0 aromatic rings. The van der Waals surface area contributed by atoms with Crippen molar-refractivity contribution in [1.82, 2.24) is 9.80 Å². The highest BCUT2D eigenvalue weighted by Crippen LogP contribution is 2.20. The molecular weight excluding hydrogens is 272 g/mol. The molecule has 0 saturated heterocycles. The molecule has 0 spiro atoms. The summed E-state index contributed by atoms with van der Waals surface area (Å²) in [5.74, 6) is -2.57. The van der Waals surface area contributed by atoms with Gasteiger partial charge in [0, 0.05) is 23.6 Å². The maximum absolute atomic E-state index is 11.3. The molecule has 0 rings (SSSR count). The van der Waals surface area contributed by atoms with Crippen molar-refractivity contribution < 1.29 is 19.8 Å². The van der Waals surface area contributed by atoms with Gasteiger partial charge in [-0.15, -0.1) is 0 Å². The lowest BCUT2D eigenvalue weighted by atomic mass is 9.93. The Kier molecular flexibility index (Phi) is 8.57. The third kappa shape index (κ3) is 8.27. The molecule has 0 radical (unpaired) electrons. The van der Waals surface area contributed by atoms with Crippen molar-refractivity contribution >= 4 is 11.9 Å². The summed E-state index contributed by atoms with van der Waals surface area (Å²) in [4.78, 5) is 26.2. The van der Waals surface area contributed by atoms with Crippen molar-refractivity contribution in [1.29, 1.82) is 0 Å². The summed E-state index contributed by atoms with van der Waals surface area (Å²) in [5, 5.41) is 18.3. The standard InChI is InChI=1S/C15H26N2O4/c1-11(14(18)19)12(6-8-16(2)3)10-13(15(20)21)7-9-17(4)5/h10,12H,1,6-9H2,2-5H3,(H,18,19)(H,20,21). The topological polar surface area (TPSA) is 81.1 Å². The van der Waals surface area contributed by atoms with Crippen LogP contribution in [-0.2, 0) is 9.59 Å². The third-order valence-corrected chi connectivity index (χ3v) is 3.12. The molecule has 1 atom stereocenters. The SMILES string of the molecule is C=C(C(=O)O)C(C=C(CCN(C)C)C(=O)O)CCN(C)C. The monoisotopic (exact) mass is 298 g/mol. The summed E-state index contributed by atoms with van der Waals surface area (Å²) < 4.78 is 0. The molecule has 0 amide bonds. The van der Waals surface area contributed by atoms with Gasteiger partial charge in [-0.3, -0.25) is 0 Å². The normalized spacial score (nSPS) is 13.5. The fourth-order valence-electron chi connectivity index (χ4n) is 1.76.